The van der Waals surface area contributed by atoms with E-state index >= 15 is 0 Å². The van der Waals surface area contributed by atoms with Crippen LogP contribution in [0.5, 0.6) is 0 Å². The van der Waals surface area contributed by atoms with Crippen molar-refractivity contribution in [2.45, 2.75) is 18.9 Å². The van der Waals surface area contributed by atoms with Gasteiger partial charge in [-0.2, -0.15) is 0 Å². The molecule has 10 nitrogen and oxygen atoms in total. The van der Waals surface area contributed by atoms with Gasteiger partial charge in [0.25, 0.3) is 5.91 Å². The Morgan fingerprint density at radius 1 is 1.33 bits per heavy atom. The van der Waals surface area contributed by atoms with Gasteiger partial charge in [-0.15, -0.1) is 0 Å². The van der Waals surface area contributed by atoms with Gasteiger partial charge in [0.15, 0.2) is 0 Å². The maximum atomic E-state index is 13.6. The fraction of sp³-hybridized carbons (Fsp3) is 0.312. The van der Waals surface area contributed by atoms with Crippen LogP contribution in [0.1, 0.15) is 23.2 Å². The van der Waals surface area contributed by atoms with Crippen LogP contribution in [0.3, 0.4) is 0 Å². The quantitative estimate of drug-likeness (QED) is 0.493. The summed E-state index contributed by atoms with van der Waals surface area (Å²) in [4.78, 5) is 30.5. The lowest BCUT2D eigenvalue weighted by Crippen LogP contribution is -2.31. The van der Waals surface area contributed by atoms with Crippen LogP contribution in [0.2, 0.25) is 0 Å². The van der Waals surface area contributed by atoms with Gasteiger partial charge in [-0.1, -0.05) is 12.1 Å². The van der Waals surface area contributed by atoms with Crippen molar-refractivity contribution in [3.05, 3.63) is 52.1 Å². The van der Waals surface area contributed by atoms with Gasteiger partial charge in [-0.05, 0) is 25.0 Å². The van der Waals surface area contributed by atoms with Crippen molar-refractivity contribution >= 4 is 23.2 Å². The van der Waals surface area contributed by atoms with E-state index in [2.05, 4.69) is 26.1 Å². The molecule has 3 N–H and O–H groups in total. The predicted molar refractivity (Wildman–Crippen MR) is 93.6 cm³/mol. The molecule has 1 unspecified atom stereocenters. The molecule has 1 aromatic carbocycles. The summed E-state index contributed by atoms with van der Waals surface area (Å²) in [5, 5.41) is 14.3. The fourth-order valence-corrected chi connectivity index (χ4v) is 2.62. The number of hydrogen-bond donors (Lipinski definition) is 3. The van der Waals surface area contributed by atoms with Gasteiger partial charge in [-0.25, -0.2) is 14.4 Å². The lowest BCUT2D eigenvalue weighted by Gasteiger charge is -2.13. The molecule has 0 bridgehead atoms. The van der Waals surface area contributed by atoms with E-state index in [0.717, 1.165) is 25.2 Å². The molecule has 2 heterocycles. The number of amides is 1. The second-order valence-electron chi connectivity index (χ2n) is 5.75. The molecule has 27 heavy (non-hydrogen) atoms. The molecular formula is C16H17FN6O4. The van der Waals surface area contributed by atoms with Crippen LogP contribution >= 0.6 is 0 Å². The van der Waals surface area contributed by atoms with Crippen LogP contribution in [0.25, 0.3) is 0 Å². The highest BCUT2D eigenvalue weighted by molar-refractivity contribution is 5.95. The third-order valence-electron chi connectivity index (χ3n) is 3.94. The van der Waals surface area contributed by atoms with Crippen molar-refractivity contribution in [3.8, 4) is 0 Å². The van der Waals surface area contributed by atoms with Gasteiger partial charge in [0.05, 0.1) is 16.6 Å². The molecule has 0 radical (unpaired) electrons. The molecule has 1 amide bonds. The van der Waals surface area contributed by atoms with Gasteiger partial charge >= 0.3 is 5.69 Å². The SMILES string of the molecule is O=C(NNc1ncnc(NCC2CCCO2)c1[N+](=O)[O-])c1ccccc1F. The Bertz CT molecular complexity index is 843. The van der Waals surface area contributed by atoms with Crippen molar-refractivity contribution in [1.29, 1.82) is 0 Å². The van der Waals surface area contributed by atoms with Crippen molar-refractivity contribution in [2.75, 3.05) is 23.9 Å². The minimum Gasteiger partial charge on any atom is -0.376 e. The predicted octanol–water partition coefficient (Wildman–Crippen LogP) is 1.87. The first kappa shape index (κ1) is 18.5. The van der Waals surface area contributed by atoms with Crippen LogP contribution in [-0.4, -0.2) is 40.1 Å². The monoisotopic (exact) mass is 376 g/mol. The number of ether oxygens (including phenoxy) is 1. The molecule has 1 aliphatic heterocycles. The first-order valence-electron chi connectivity index (χ1n) is 8.22. The van der Waals surface area contributed by atoms with E-state index < -0.39 is 22.3 Å². The van der Waals surface area contributed by atoms with Gasteiger partial charge < -0.3 is 10.1 Å². The standard InChI is InChI=1S/C16H17FN6O4/c17-12-6-2-1-5-11(12)16(24)22-21-15-13(23(25)26)14(19-9-20-15)18-8-10-4-3-7-27-10/h1-2,5-6,9-10H,3-4,7-8H2,(H,22,24)(H2,18,19,20,21). The molecule has 1 atom stereocenters. The van der Waals surface area contributed by atoms with Crippen molar-refractivity contribution in [1.82, 2.24) is 15.4 Å². The number of hydrogen-bond acceptors (Lipinski definition) is 8. The molecule has 1 saturated heterocycles. The Morgan fingerprint density at radius 3 is 2.81 bits per heavy atom. The molecule has 11 heteroatoms. The Balaban J connectivity index is 1.72. The lowest BCUT2D eigenvalue weighted by molar-refractivity contribution is -0.383. The molecule has 142 valence electrons. The summed E-state index contributed by atoms with van der Waals surface area (Å²) < 4.78 is 19.1. The Morgan fingerprint density at radius 2 is 2.11 bits per heavy atom. The van der Waals surface area contributed by atoms with Gasteiger partial charge in [0, 0.05) is 13.2 Å². The zero-order valence-electron chi connectivity index (χ0n) is 14.1. The van der Waals surface area contributed by atoms with E-state index in [4.69, 9.17) is 4.74 Å². The number of nitrogens with one attached hydrogen (secondary N) is 3. The van der Waals surface area contributed by atoms with Gasteiger partial charge in [0.2, 0.25) is 11.6 Å². The molecule has 0 spiro atoms. The van der Waals surface area contributed by atoms with Crippen molar-refractivity contribution in [2.24, 2.45) is 0 Å². The summed E-state index contributed by atoms with van der Waals surface area (Å²) in [5.74, 6) is -1.74. The Hall–Kier alpha value is -3.34. The van der Waals surface area contributed by atoms with Gasteiger partial charge in [-0.3, -0.25) is 25.8 Å². The average molecular weight is 376 g/mol. The highest BCUT2D eigenvalue weighted by atomic mass is 19.1. The largest absolute Gasteiger partial charge is 0.376 e. The maximum absolute atomic E-state index is 13.6. The number of benzene rings is 1. The molecule has 1 aromatic heterocycles. The number of aromatic nitrogens is 2. The van der Waals surface area contributed by atoms with Crippen LogP contribution in [-0.2, 0) is 4.74 Å². The Labute approximate surface area is 153 Å². The van der Waals surface area contributed by atoms with Crippen molar-refractivity contribution < 1.29 is 18.8 Å². The number of carbonyl (C=O) groups excluding carboxylic acids is 1. The number of nitro groups is 1. The topological polar surface area (TPSA) is 131 Å². The first-order valence-corrected chi connectivity index (χ1v) is 8.22. The van der Waals surface area contributed by atoms with Crippen LogP contribution in [0, 0.1) is 15.9 Å². The zero-order chi connectivity index (χ0) is 19.2. The molecule has 1 fully saturated rings. The number of carbonyl (C=O) groups is 1. The van der Waals surface area contributed by atoms with E-state index in [1.54, 1.807) is 0 Å². The lowest BCUT2D eigenvalue weighted by atomic mass is 10.2. The van der Waals surface area contributed by atoms with E-state index in [9.17, 15) is 19.3 Å². The third kappa shape index (κ3) is 4.44. The smallest absolute Gasteiger partial charge is 0.354 e. The fourth-order valence-electron chi connectivity index (χ4n) is 2.62. The summed E-state index contributed by atoms with van der Waals surface area (Å²) in [5.41, 5.74) is 3.91. The number of rotatable bonds is 7. The minimum absolute atomic E-state index is 0.00635. The van der Waals surface area contributed by atoms with Gasteiger partial charge in [0.1, 0.15) is 12.1 Å². The molecule has 1 aliphatic rings. The number of nitrogens with zero attached hydrogens (tertiary/aromatic N) is 3. The number of halogens is 1. The summed E-state index contributed by atoms with van der Waals surface area (Å²) in [6.45, 7) is 1.02. The van der Waals surface area contributed by atoms with E-state index in [0.29, 0.717) is 13.2 Å². The Kier molecular flexibility index (Phi) is 5.71. The van der Waals surface area contributed by atoms with Crippen LogP contribution in [0.15, 0.2) is 30.6 Å². The summed E-state index contributed by atoms with van der Waals surface area (Å²) in [6.07, 6.45) is 2.86. The normalized spacial score (nSPS) is 16.0. The minimum atomic E-state index is -0.796. The van der Waals surface area contributed by atoms with E-state index in [-0.39, 0.29) is 23.3 Å². The highest BCUT2D eigenvalue weighted by Gasteiger charge is 2.25. The van der Waals surface area contributed by atoms with E-state index in [1.165, 1.54) is 18.2 Å². The highest BCUT2D eigenvalue weighted by Crippen LogP contribution is 2.28. The molecule has 0 saturated carbocycles. The third-order valence-corrected chi connectivity index (χ3v) is 3.94. The van der Waals surface area contributed by atoms with E-state index in [1.807, 2.05) is 0 Å². The maximum Gasteiger partial charge on any atom is 0.354 e. The number of anilines is 2. The van der Waals surface area contributed by atoms with Crippen molar-refractivity contribution in [3.63, 3.8) is 0 Å². The summed E-state index contributed by atoms with van der Waals surface area (Å²) >= 11 is 0. The zero-order valence-corrected chi connectivity index (χ0v) is 14.1. The van der Waals surface area contributed by atoms with Crippen LogP contribution < -0.4 is 16.2 Å². The molecule has 2 aromatic rings. The molecule has 3 rings (SSSR count). The molecule has 0 aliphatic carbocycles. The average Bonchev–Trinajstić information content (AvgIpc) is 3.18. The summed E-state index contributed by atoms with van der Waals surface area (Å²) in [6, 6.07) is 5.36. The number of hydrazine groups is 1. The second-order valence-corrected chi connectivity index (χ2v) is 5.75. The van der Waals surface area contributed by atoms with Crippen LogP contribution in [0.4, 0.5) is 21.7 Å². The second kappa shape index (κ2) is 8.36. The molecular weight excluding hydrogens is 359 g/mol. The summed E-state index contributed by atoms with van der Waals surface area (Å²) in [7, 11) is 0. The first-order chi connectivity index (χ1) is 13.1.